The second-order valence-electron chi connectivity index (χ2n) is 4.61. The molecule has 0 amide bonds. The van der Waals surface area contributed by atoms with Crippen molar-refractivity contribution in [2.45, 2.75) is 19.4 Å². The highest BCUT2D eigenvalue weighted by atomic mass is 79.9. The molecule has 0 heterocycles. The Labute approximate surface area is 127 Å². The molecular weight excluding hydrogens is 324 g/mol. The van der Waals surface area contributed by atoms with Gasteiger partial charge in [-0.05, 0) is 42.7 Å². The van der Waals surface area contributed by atoms with Crippen LogP contribution in [-0.2, 0) is 6.42 Å². The Hall–Kier alpha value is -0.870. The molecule has 4 heteroatoms. The van der Waals surface area contributed by atoms with Gasteiger partial charge in [-0.15, -0.1) is 0 Å². The SMILES string of the molecule is Cc1ccc(CC(NN)c2cc(Cl)cc(Br)c2)cc1. The fourth-order valence-corrected chi connectivity index (χ4v) is 2.90. The third-order valence-electron chi connectivity index (χ3n) is 3.05. The van der Waals surface area contributed by atoms with E-state index in [0.29, 0.717) is 5.02 Å². The van der Waals surface area contributed by atoms with Gasteiger partial charge in [0.05, 0.1) is 6.04 Å². The highest BCUT2D eigenvalue weighted by Crippen LogP contribution is 2.25. The van der Waals surface area contributed by atoms with Crippen LogP contribution >= 0.6 is 27.5 Å². The van der Waals surface area contributed by atoms with E-state index in [-0.39, 0.29) is 6.04 Å². The average molecular weight is 340 g/mol. The first kappa shape index (κ1) is 14.5. The van der Waals surface area contributed by atoms with Crippen molar-refractivity contribution >= 4 is 27.5 Å². The first-order valence-corrected chi connectivity index (χ1v) is 7.23. The zero-order valence-corrected chi connectivity index (χ0v) is 13.0. The van der Waals surface area contributed by atoms with Crippen molar-refractivity contribution in [1.82, 2.24) is 5.43 Å². The number of benzene rings is 2. The lowest BCUT2D eigenvalue weighted by molar-refractivity contribution is 0.552. The molecule has 0 radical (unpaired) electrons. The molecule has 1 atom stereocenters. The Morgan fingerprint density at radius 3 is 2.47 bits per heavy atom. The minimum Gasteiger partial charge on any atom is -0.271 e. The second kappa shape index (κ2) is 6.53. The van der Waals surface area contributed by atoms with Gasteiger partial charge in [0.25, 0.3) is 0 Å². The topological polar surface area (TPSA) is 38.0 Å². The first-order valence-electron chi connectivity index (χ1n) is 6.06. The van der Waals surface area contributed by atoms with Gasteiger partial charge < -0.3 is 0 Å². The molecule has 0 aliphatic heterocycles. The Morgan fingerprint density at radius 1 is 1.21 bits per heavy atom. The quantitative estimate of drug-likeness (QED) is 0.648. The maximum absolute atomic E-state index is 6.08. The van der Waals surface area contributed by atoms with Crippen molar-refractivity contribution in [1.29, 1.82) is 0 Å². The molecule has 0 bridgehead atoms. The maximum atomic E-state index is 6.08. The molecule has 0 saturated carbocycles. The van der Waals surface area contributed by atoms with Gasteiger partial charge in [0.1, 0.15) is 0 Å². The summed E-state index contributed by atoms with van der Waals surface area (Å²) in [7, 11) is 0. The van der Waals surface area contributed by atoms with Crippen molar-refractivity contribution in [2.24, 2.45) is 5.84 Å². The minimum absolute atomic E-state index is 0.0395. The van der Waals surface area contributed by atoms with Crippen LogP contribution in [0.15, 0.2) is 46.9 Å². The van der Waals surface area contributed by atoms with E-state index in [9.17, 15) is 0 Å². The van der Waals surface area contributed by atoms with E-state index in [1.54, 1.807) is 0 Å². The molecule has 0 saturated heterocycles. The third-order valence-corrected chi connectivity index (χ3v) is 3.72. The zero-order chi connectivity index (χ0) is 13.8. The van der Waals surface area contributed by atoms with E-state index in [0.717, 1.165) is 16.5 Å². The zero-order valence-electron chi connectivity index (χ0n) is 10.7. The third kappa shape index (κ3) is 4.05. The number of hydrogen-bond acceptors (Lipinski definition) is 2. The molecule has 0 aliphatic rings. The van der Waals surface area contributed by atoms with Crippen molar-refractivity contribution in [3.8, 4) is 0 Å². The Morgan fingerprint density at radius 2 is 1.89 bits per heavy atom. The van der Waals surface area contributed by atoms with Crippen LogP contribution in [0.3, 0.4) is 0 Å². The van der Waals surface area contributed by atoms with Crippen molar-refractivity contribution in [3.05, 3.63) is 68.7 Å². The fourth-order valence-electron chi connectivity index (χ4n) is 2.01. The van der Waals surface area contributed by atoms with Gasteiger partial charge in [-0.25, -0.2) is 0 Å². The Bertz CT molecular complexity index is 534. The van der Waals surface area contributed by atoms with Crippen molar-refractivity contribution in [2.75, 3.05) is 0 Å². The molecule has 2 rings (SSSR count). The summed E-state index contributed by atoms with van der Waals surface area (Å²) in [6, 6.07) is 14.3. The summed E-state index contributed by atoms with van der Waals surface area (Å²) in [6.45, 7) is 2.08. The van der Waals surface area contributed by atoms with E-state index in [1.807, 2.05) is 18.2 Å². The molecule has 2 aromatic rings. The van der Waals surface area contributed by atoms with Gasteiger partial charge in [0.15, 0.2) is 0 Å². The normalized spacial score (nSPS) is 12.4. The van der Waals surface area contributed by atoms with Gasteiger partial charge in [0, 0.05) is 9.50 Å². The highest BCUT2D eigenvalue weighted by molar-refractivity contribution is 9.10. The predicted octanol–water partition coefficient (Wildman–Crippen LogP) is 4.16. The summed E-state index contributed by atoms with van der Waals surface area (Å²) in [5.74, 6) is 5.67. The average Bonchev–Trinajstić information content (AvgIpc) is 2.37. The van der Waals surface area contributed by atoms with Crippen LogP contribution < -0.4 is 11.3 Å². The number of rotatable bonds is 4. The van der Waals surface area contributed by atoms with Crippen LogP contribution in [0.4, 0.5) is 0 Å². The van der Waals surface area contributed by atoms with Crippen LogP contribution in [-0.4, -0.2) is 0 Å². The number of hydrazine groups is 1. The molecule has 2 nitrogen and oxygen atoms in total. The van der Waals surface area contributed by atoms with Crippen LogP contribution in [0.1, 0.15) is 22.7 Å². The molecular formula is C15H16BrClN2. The second-order valence-corrected chi connectivity index (χ2v) is 5.96. The molecule has 0 fully saturated rings. The van der Waals surface area contributed by atoms with Gasteiger partial charge in [0.2, 0.25) is 0 Å². The summed E-state index contributed by atoms with van der Waals surface area (Å²) in [5.41, 5.74) is 6.42. The molecule has 3 N–H and O–H groups in total. The van der Waals surface area contributed by atoms with E-state index >= 15 is 0 Å². The molecule has 19 heavy (non-hydrogen) atoms. The van der Waals surface area contributed by atoms with Gasteiger partial charge in [-0.1, -0.05) is 57.4 Å². The van der Waals surface area contributed by atoms with Gasteiger partial charge >= 0.3 is 0 Å². The summed E-state index contributed by atoms with van der Waals surface area (Å²) in [5, 5.41) is 0.702. The minimum atomic E-state index is 0.0395. The number of nitrogens with one attached hydrogen (secondary N) is 1. The highest BCUT2D eigenvalue weighted by Gasteiger charge is 2.12. The summed E-state index contributed by atoms with van der Waals surface area (Å²) in [4.78, 5) is 0. The van der Waals surface area contributed by atoms with E-state index in [4.69, 9.17) is 17.4 Å². The number of hydrogen-bond donors (Lipinski definition) is 2. The number of aryl methyl sites for hydroxylation is 1. The van der Waals surface area contributed by atoms with Gasteiger partial charge in [-0.2, -0.15) is 0 Å². The lowest BCUT2D eigenvalue weighted by Crippen LogP contribution is -2.29. The van der Waals surface area contributed by atoms with E-state index < -0.39 is 0 Å². The maximum Gasteiger partial charge on any atom is 0.0501 e. The number of halogens is 2. The van der Waals surface area contributed by atoms with Crippen LogP contribution in [0.5, 0.6) is 0 Å². The largest absolute Gasteiger partial charge is 0.271 e. The molecule has 1 unspecified atom stereocenters. The van der Waals surface area contributed by atoms with E-state index in [2.05, 4.69) is 52.5 Å². The lowest BCUT2D eigenvalue weighted by Gasteiger charge is -2.17. The van der Waals surface area contributed by atoms with Crippen molar-refractivity contribution < 1.29 is 0 Å². The molecule has 0 aromatic heterocycles. The molecule has 0 aliphatic carbocycles. The summed E-state index contributed by atoms with van der Waals surface area (Å²) < 4.78 is 0.958. The van der Waals surface area contributed by atoms with Gasteiger partial charge in [-0.3, -0.25) is 11.3 Å². The smallest absolute Gasteiger partial charge is 0.0501 e. The van der Waals surface area contributed by atoms with Crippen LogP contribution in [0, 0.1) is 6.92 Å². The monoisotopic (exact) mass is 338 g/mol. The number of nitrogens with two attached hydrogens (primary N) is 1. The fraction of sp³-hybridized carbons (Fsp3) is 0.200. The first-order chi connectivity index (χ1) is 9.08. The van der Waals surface area contributed by atoms with Crippen LogP contribution in [0.25, 0.3) is 0 Å². The summed E-state index contributed by atoms with van der Waals surface area (Å²) >= 11 is 9.53. The lowest BCUT2D eigenvalue weighted by atomic mass is 9.99. The molecule has 0 spiro atoms. The Balaban J connectivity index is 2.22. The molecule has 100 valence electrons. The summed E-state index contributed by atoms with van der Waals surface area (Å²) in [6.07, 6.45) is 0.823. The van der Waals surface area contributed by atoms with Crippen molar-refractivity contribution in [3.63, 3.8) is 0 Å². The predicted molar refractivity (Wildman–Crippen MR) is 84.1 cm³/mol. The van der Waals surface area contributed by atoms with Crippen LogP contribution in [0.2, 0.25) is 5.02 Å². The Kier molecular flexibility index (Phi) is 4.99. The molecule has 2 aromatic carbocycles. The van der Waals surface area contributed by atoms with E-state index in [1.165, 1.54) is 11.1 Å². The standard InChI is InChI=1S/C15H16BrClN2/c1-10-2-4-11(5-3-10)6-15(19-18)12-7-13(16)9-14(17)8-12/h2-5,7-9,15,19H,6,18H2,1H3.